The molecule has 2 aromatic carbocycles. The summed E-state index contributed by atoms with van der Waals surface area (Å²) in [6.45, 7) is 23.2. The Kier molecular flexibility index (Phi) is 13.1. The minimum absolute atomic E-state index is 0.0725. The number of ether oxygens (including phenoxy) is 2. The number of methoxy groups -OCH3 is 2. The summed E-state index contributed by atoms with van der Waals surface area (Å²) in [4.78, 5) is 34.8. The molecule has 0 atom stereocenters. The average Bonchev–Trinajstić information content (AvgIpc) is 3.88. The minimum atomic E-state index is 0.0725. The fourth-order valence-corrected chi connectivity index (χ4v) is 9.54. The number of aryl methyl sites for hydroxylation is 2. The van der Waals surface area contributed by atoms with E-state index in [4.69, 9.17) is 9.47 Å². The van der Waals surface area contributed by atoms with E-state index in [-0.39, 0.29) is 28.1 Å². The molecule has 5 aromatic rings. The molecule has 314 valence electrons. The number of fused-ring (bicyclic) bond motifs is 6. The third-order valence-electron chi connectivity index (χ3n) is 12.2. The lowest BCUT2D eigenvalue weighted by atomic mass is 9.76. The van der Waals surface area contributed by atoms with E-state index in [0.717, 1.165) is 79.3 Å². The van der Waals surface area contributed by atoms with Crippen LogP contribution >= 0.6 is 11.3 Å². The zero-order valence-electron chi connectivity index (χ0n) is 37.1. The third-order valence-corrected chi connectivity index (χ3v) is 13.0. The monoisotopic (exact) mass is 809 g/mol. The fourth-order valence-electron chi connectivity index (χ4n) is 8.82. The van der Waals surface area contributed by atoms with Gasteiger partial charge >= 0.3 is 0 Å². The van der Waals surface area contributed by atoms with Gasteiger partial charge in [0.15, 0.2) is 5.13 Å². The summed E-state index contributed by atoms with van der Waals surface area (Å²) in [5, 5.41) is 5.20. The first-order valence-electron chi connectivity index (χ1n) is 21.3. The highest BCUT2D eigenvalue weighted by Crippen LogP contribution is 2.42. The number of carbonyl (C=O) groups excluding carboxylic acids is 2. The van der Waals surface area contributed by atoms with Crippen LogP contribution in [0.3, 0.4) is 0 Å². The molecular weight excluding hydrogens is 743 g/mol. The van der Waals surface area contributed by atoms with Gasteiger partial charge in [-0.15, -0.1) is 11.3 Å². The van der Waals surface area contributed by atoms with E-state index >= 15 is 0 Å². The van der Waals surface area contributed by atoms with Crippen molar-refractivity contribution < 1.29 is 19.1 Å². The Balaban J connectivity index is 0.000000196. The van der Waals surface area contributed by atoms with Crippen LogP contribution in [0.15, 0.2) is 48.0 Å². The fraction of sp³-hybridized carbons (Fsp3) is 0.562. The van der Waals surface area contributed by atoms with Gasteiger partial charge in [0, 0.05) is 65.5 Å². The third kappa shape index (κ3) is 9.59. The van der Waals surface area contributed by atoms with Crippen molar-refractivity contribution in [2.75, 3.05) is 38.8 Å². The summed E-state index contributed by atoms with van der Waals surface area (Å²) in [7, 11) is 3.39. The number of benzene rings is 2. The van der Waals surface area contributed by atoms with Gasteiger partial charge in [0.05, 0.1) is 25.3 Å². The van der Waals surface area contributed by atoms with E-state index in [1.807, 2.05) is 24.4 Å². The van der Waals surface area contributed by atoms with Gasteiger partial charge in [-0.1, -0.05) is 55.4 Å². The number of likely N-dealkylation sites (N-methyl/N-ethyl adjacent to an activating group) is 1. The van der Waals surface area contributed by atoms with Crippen molar-refractivity contribution >= 4 is 50.1 Å². The van der Waals surface area contributed by atoms with Crippen molar-refractivity contribution in [3.8, 4) is 11.5 Å². The smallest absolute Gasteiger partial charge is 0.248 e. The second-order valence-corrected chi connectivity index (χ2v) is 20.0. The predicted molar refractivity (Wildman–Crippen MR) is 240 cm³/mol. The van der Waals surface area contributed by atoms with Crippen molar-refractivity contribution in [3.63, 3.8) is 0 Å². The number of hydrogen-bond acceptors (Lipinski definition) is 6. The number of amides is 2. The molecule has 9 nitrogen and oxygen atoms in total. The zero-order chi connectivity index (χ0) is 42.0. The topological polar surface area (TPSA) is 81.8 Å². The van der Waals surface area contributed by atoms with Gasteiger partial charge in [0.2, 0.25) is 11.8 Å². The number of anilines is 1. The van der Waals surface area contributed by atoms with Gasteiger partial charge in [0.25, 0.3) is 0 Å². The lowest BCUT2D eigenvalue weighted by molar-refractivity contribution is -0.132. The van der Waals surface area contributed by atoms with E-state index < -0.39 is 0 Å². The number of rotatable bonds is 12. The maximum atomic E-state index is 13.4. The second kappa shape index (κ2) is 17.5. The van der Waals surface area contributed by atoms with Gasteiger partial charge in [-0.3, -0.25) is 14.5 Å². The van der Waals surface area contributed by atoms with Gasteiger partial charge in [-0.05, 0) is 110 Å². The first-order chi connectivity index (χ1) is 27.5. The molecule has 0 fully saturated rings. The van der Waals surface area contributed by atoms with Crippen LogP contribution in [0.5, 0.6) is 11.5 Å². The van der Waals surface area contributed by atoms with Gasteiger partial charge < -0.3 is 23.5 Å². The van der Waals surface area contributed by atoms with Crippen molar-refractivity contribution in [2.45, 2.75) is 127 Å². The molecule has 2 amide bonds. The molecule has 0 saturated carbocycles. The van der Waals surface area contributed by atoms with Crippen LogP contribution in [-0.4, -0.2) is 64.7 Å². The Labute approximate surface area is 350 Å². The van der Waals surface area contributed by atoms with E-state index in [9.17, 15) is 9.59 Å². The first-order valence-corrected chi connectivity index (χ1v) is 22.2. The van der Waals surface area contributed by atoms with E-state index in [1.165, 1.54) is 57.5 Å². The molecule has 2 aliphatic carbocycles. The Morgan fingerprint density at radius 3 is 1.74 bits per heavy atom. The quantitative estimate of drug-likeness (QED) is 0.125. The molecule has 10 heteroatoms. The maximum absolute atomic E-state index is 13.4. The highest BCUT2D eigenvalue weighted by Gasteiger charge is 2.33. The number of nitrogens with zero attached hydrogens (tertiary/aromatic N) is 5. The summed E-state index contributed by atoms with van der Waals surface area (Å²) in [5.41, 5.74) is 8.41. The Morgan fingerprint density at radius 1 is 0.793 bits per heavy atom. The van der Waals surface area contributed by atoms with Gasteiger partial charge in [-0.2, -0.15) is 0 Å². The van der Waals surface area contributed by atoms with Crippen molar-refractivity contribution in [2.24, 2.45) is 16.2 Å². The van der Waals surface area contributed by atoms with Crippen LogP contribution in [0.2, 0.25) is 0 Å². The van der Waals surface area contributed by atoms with E-state index in [1.54, 1.807) is 25.3 Å². The summed E-state index contributed by atoms with van der Waals surface area (Å²) in [5.74, 6) is 1.97. The molecule has 0 saturated heterocycles. The van der Waals surface area contributed by atoms with Crippen molar-refractivity contribution in [3.05, 3.63) is 70.5 Å². The first kappa shape index (κ1) is 43.3. The van der Waals surface area contributed by atoms with Crippen LogP contribution in [0, 0.1) is 16.2 Å². The molecule has 2 aliphatic rings. The Hall–Kier alpha value is -4.31. The number of aromatic nitrogens is 3. The van der Waals surface area contributed by atoms with Crippen molar-refractivity contribution in [1.82, 2.24) is 19.0 Å². The number of hydrogen-bond donors (Lipinski definition) is 0. The SMILES string of the molecule is CCCN(CCC(C)(C)C)C(=O)Cn1c2c(c3ccc(OC)cc31)CCC(C)(C)C2.CCN(C(=O)Cn1c2c(c3ccc(OC)cc31)CCC(C)(C)C2)c1nccs1. The van der Waals surface area contributed by atoms with E-state index in [0.29, 0.717) is 19.6 Å². The number of thiazole rings is 1. The number of carbonyl (C=O) groups is 2. The van der Waals surface area contributed by atoms with Crippen molar-refractivity contribution in [1.29, 1.82) is 0 Å². The average molecular weight is 810 g/mol. The molecule has 7 rings (SSSR count). The molecule has 0 N–H and O–H groups in total. The molecule has 0 bridgehead atoms. The zero-order valence-corrected chi connectivity index (χ0v) is 37.9. The minimum Gasteiger partial charge on any atom is -0.497 e. The summed E-state index contributed by atoms with van der Waals surface area (Å²) < 4.78 is 15.5. The largest absolute Gasteiger partial charge is 0.497 e. The summed E-state index contributed by atoms with van der Waals surface area (Å²) >= 11 is 1.50. The normalized spacial score (nSPS) is 15.6. The molecule has 3 aromatic heterocycles. The molecule has 58 heavy (non-hydrogen) atoms. The second-order valence-electron chi connectivity index (χ2n) is 19.1. The lowest BCUT2D eigenvalue weighted by Crippen LogP contribution is -2.37. The van der Waals surface area contributed by atoms with Gasteiger partial charge in [-0.25, -0.2) is 4.98 Å². The highest BCUT2D eigenvalue weighted by atomic mass is 32.1. The highest BCUT2D eigenvalue weighted by molar-refractivity contribution is 7.13. The standard InChI is InChI=1S/C26H40N2O2.C22H27N3O2S/c1-8-14-27(15-13-25(2,3)4)24(29)18-28-22-16-19(30-7)9-10-20(22)21-11-12-26(5,6)17-23(21)28;1-5-24(21-23-10-11-28-21)20(26)14-25-18-12-15(27-4)6-7-16(18)17-8-9-22(2,3)13-19(17)25/h9-10,16H,8,11-15,17-18H2,1-7H3;6-7,10-12H,5,8-9,13-14H2,1-4H3. The molecular formula is C48H67N5O4S. The van der Waals surface area contributed by atoms with Crippen LogP contribution < -0.4 is 14.4 Å². The van der Waals surface area contributed by atoms with Crippen LogP contribution in [0.25, 0.3) is 21.8 Å². The predicted octanol–water partition coefficient (Wildman–Crippen LogP) is 10.5. The maximum Gasteiger partial charge on any atom is 0.248 e. The van der Waals surface area contributed by atoms with Gasteiger partial charge in [0.1, 0.15) is 24.6 Å². The molecule has 3 heterocycles. The molecule has 0 radical (unpaired) electrons. The molecule has 0 spiro atoms. The summed E-state index contributed by atoms with van der Waals surface area (Å²) in [6.07, 6.45) is 10.2. The Morgan fingerprint density at radius 2 is 1.31 bits per heavy atom. The lowest BCUT2D eigenvalue weighted by Gasteiger charge is -2.31. The Bertz CT molecular complexity index is 2220. The van der Waals surface area contributed by atoms with Crippen LogP contribution in [0.1, 0.15) is 111 Å². The molecule has 0 aliphatic heterocycles. The van der Waals surface area contributed by atoms with E-state index in [2.05, 4.69) is 98.7 Å². The van der Waals surface area contributed by atoms with Crippen LogP contribution in [-0.2, 0) is 48.4 Å². The summed E-state index contributed by atoms with van der Waals surface area (Å²) in [6, 6.07) is 12.5. The molecule has 0 unspecified atom stereocenters. The van der Waals surface area contributed by atoms with Crippen LogP contribution in [0.4, 0.5) is 5.13 Å².